The fourth-order valence-electron chi connectivity index (χ4n) is 5.30. The number of H-pyrrole nitrogens is 1. The highest BCUT2D eigenvalue weighted by atomic mass is 16.5. The van der Waals surface area contributed by atoms with Gasteiger partial charge in [0.1, 0.15) is 11.1 Å². The van der Waals surface area contributed by atoms with Crippen molar-refractivity contribution in [2.75, 3.05) is 32.8 Å². The predicted molar refractivity (Wildman–Crippen MR) is 152 cm³/mol. The second-order valence-electron chi connectivity index (χ2n) is 10.6. The van der Waals surface area contributed by atoms with E-state index in [2.05, 4.69) is 34.8 Å². The number of nitrogens with one attached hydrogen (secondary N) is 1. The first-order valence-corrected chi connectivity index (χ1v) is 13.6. The van der Waals surface area contributed by atoms with Gasteiger partial charge in [-0.1, -0.05) is 26.0 Å². The molecule has 5 heterocycles. The third-order valence-corrected chi connectivity index (χ3v) is 7.30. The molecule has 4 aromatic heterocycles. The molecule has 1 aliphatic heterocycles. The number of ether oxygens (including phenoxy) is 1. The van der Waals surface area contributed by atoms with Crippen LogP contribution in [0.2, 0.25) is 0 Å². The van der Waals surface area contributed by atoms with E-state index in [0.29, 0.717) is 61.9 Å². The van der Waals surface area contributed by atoms with E-state index in [9.17, 15) is 9.59 Å². The summed E-state index contributed by atoms with van der Waals surface area (Å²) in [5.74, 6) is 0.815. The van der Waals surface area contributed by atoms with Crippen LogP contribution in [0.3, 0.4) is 0 Å². The normalized spacial score (nSPS) is 14.9. The summed E-state index contributed by atoms with van der Waals surface area (Å²) in [7, 11) is 1.90. The summed E-state index contributed by atoms with van der Waals surface area (Å²) in [5.41, 5.74) is 3.55. The van der Waals surface area contributed by atoms with Crippen molar-refractivity contribution >= 4 is 17.1 Å². The SMILES string of the molecule is C/C=C\c1c(Cn2nc3c(c2-c2nccn2C)c(=O)n(CCN2CCOCC2)c(=O)n3CC(C)C)c[nH]c1C. The maximum atomic E-state index is 14.1. The Balaban J connectivity index is 1.73. The van der Waals surface area contributed by atoms with Crippen LogP contribution in [0.15, 0.2) is 34.3 Å². The molecule has 0 radical (unpaired) electrons. The summed E-state index contributed by atoms with van der Waals surface area (Å²) in [6, 6.07) is 0. The molecule has 39 heavy (non-hydrogen) atoms. The van der Waals surface area contributed by atoms with Crippen molar-refractivity contribution in [1.29, 1.82) is 0 Å². The first-order chi connectivity index (χ1) is 18.8. The second-order valence-corrected chi connectivity index (χ2v) is 10.6. The van der Waals surface area contributed by atoms with Crippen LogP contribution in [0.4, 0.5) is 0 Å². The van der Waals surface area contributed by atoms with Crippen LogP contribution in [-0.4, -0.2) is 71.2 Å². The molecule has 208 valence electrons. The van der Waals surface area contributed by atoms with E-state index in [1.54, 1.807) is 10.8 Å². The van der Waals surface area contributed by atoms with Crippen LogP contribution >= 0.6 is 0 Å². The highest BCUT2D eigenvalue weighted by molar-refractivity contribution is 5.89. The smallest absolute Gasteiger partial charge is 0.332 e. The molecule has 11 nitrogen and oxygen atoms in total. The van der Waals surface area contributed by atoms with Crippen LogP contribution in [0.1, 0.15) is 37.6 Å². The largest absolute Gasteiger partial charge is 0.379 e. The molecule has 1 N–H and O–H groups in total. The summed E-state index contributed by atoms with van der Waals surface area (Å²) >= 11 is 0. The molecule has 0 amide bonds. The molecular formula is C28H38N8O3. The highest BCUT2D eigenvalue weighted by Gasteiger charge is 2.26. The lowest BCUT2D eigenvalue weighted by Gasteiger charge is -2.26. The maximum Gasteiger partial charge on any atom is 0.332 e. The summed E-state index contributed by atoms with van der Waals surface area (Å²) in [6.45, 7) is 12.8. The fraction of sp³-hybridized carbons (Fsp3) is 0.500. The molecule has 5 rings (SSSR count). The van der Waals surface area contributed by atoms with Gasteiger partial charge in [-0.2, -0.15) is 5.10 Å². The first-order valence-electron chi connectivity index (χ1n) is 13.6. The van der Waals surface area contributed by atoms with E-state index in [4.69, 9.17) is 9.84 Å². The molecule has 1 aliphatic rings. The average molecular weight is 535 g/mol. The summed E-state index contributed by atoms with van der Waals surface area (Å²) < 4.78 is 12.2. The molecule has 0 bridgehead atoms. The van der Waals surface area contributed by atoms with Crippen molar-refractivity contribution in [3.05, 3.63) is 62.3 Å². The highest BCUT2D eigenvalue weighted by Crippen LogP contribution is 2.27. The van der Waals surface area contributed by atoms with Gasteiger partial charge in [0, 0.05) is 64.1 Å². The van der Waals surface area contributed by atoms with Crippen LogP contribution in [0.25, 0.3) is 28.6 Å². The minimum atomic E-state index is -0.327. The minimum Gasteiger partial charge on any atom is -0.379 e. The Bertz CT molecular complexity index is 1610. The lowest BCUT2D eigenvalue weighted by atomic mass is 10.1. The van der Waals surface area contributed by atoms with E-state index < -0.39 is 0 Å². The van der Waals surface area contributed by atoms with Gasteiger partial charge < -0.3 is 14.3 Å². The Morgan fingerprint density at radius 1 is 1.15 bits per heavy atom. The number of aromatic amines is 1. The predicted octanol–water partition coefficient (Wildman–Crippen LogP) is 2.47. The fourth-order valence-corrected chi connectivity index (χ4v) is 5.30. The first kappa shape index (κ1) is 26.9. The van der Waals surface area contributed by atoms with Crippen LogP contribution in [0, 0.1) is 12.8 Å². The van der Waals surface area contributed by atoms with Crippen molar-refractivity contribution < 1.29 is 4.74 Å². The van der Waals surface area contributed by atoms with Gasteiger partial charge in [-0.05, 0) is 30.9 Å². The summed E-state index contributed by atoms with van der Waals surface area (Å²) in [6.07, 6.45) is 9.61. The average Bonchev–Trinajstić information content (AvgIpc) is 3.60. The number of nitrogens with zero attached hydrogens (tertiary/aromatic N) is 7. The van der Waals surface area contributed by atoms with Gasteiger partial charge in [0.15, 0.2) is 11.5 Å². The summed E-state index contributed by atoms with van der Waals surface area (Å²) in [4.78, 5) is 38.0. The Labute approximate surface area is 227 Å². The van der Waals surface area contributed by atoms with Crippen LogP contribution in [-0.2, 0) is 31.4 Å². The number of aryl methyl sites for hydroxylation is 2. The molecule has 1 fully saturated rings. The molecule has 1 saturated heterocycles. The van der Waals surface area contributed by atoms with E-state index in [-0.39, 0.29) is 17.2 Å². The molecule has 0 unspecified atom stereocenters. The lowest BCUT2D eigenvalue weighted by Crippen LogP contribution is -2.45. The zero-order chi connectivity index (χ0) is 27.7. The molecule has 0 aromatic carbocycles. The Morgan fingerprint density at radius 3 is 2.59 bits per heavy atom. The minimum absolute atomic E-state index is 0.187. The van der Waals surface area contributed by atoms with E-state index >= 15 is 0 Å². The van der Waals surface area contributed by atoms with Gasteiger partial charge >= 0.3 is 5.69 Å². The quantitative estimate of drug-likeness (QED) is 0.354. The molecule has 0 atom stereocenters. The van der Waals surface area contributed by atoms with E-state index in [0.717, 1.165) is 29.9 Å². The van der Waals surface area contributed by atoms with Gasteiger partial charge in [0.2, 0.25) is 0 Å². The van der Waals surface area contributed by atoms with Crippen molar-refractivity contribution in [3.63, 3.8) is 0 Å². The Kier molecular flexibility index (Phi) is 7.72. The molecule has 0 spiro atoms. The van der Waals surface area contributed by atoms with Gasteiger partial charge in [-0.3, -0.25) is 23.5 Å². The van der Waals surface area contributed by atoms with Crippen molar-refractivity contribution in [3.8, 4) is 11.5 Å². The number of hydrogen-bond acceptors (Lipinski definition) is 6. The van der Waals surface area contributed by atoms with Crippen LogP contribution in [0.5, 0.6) is 0 Å². The van der Waals surface area contributed by atoms with Gasteiger partial charge in [-0.25, -0.2) is 9.78 Å². The molecule has 4 aromatic rings. The van der Waals surface area contributed by atoms with Gasteiger partial charge in [0.05, 0.1) is 19.8 Å². The number of aromatic nitrogens is 7. The standard InChI is InChI=1S/C28H38N8O3/c1-6-7-22-20(4)30-16-21(22)18-36-24(26-29-8-9-32(26)5)23-25(31-36)35(17-19(2)3)28(38)34(27(23)37)11-10-33-12-14-39-15-13-33/h6-9,16,19,30H,10-15,17-18H2,1-5H3/b7-6-. The lowest BCUT2D eigenvalue weighted by molar-refractivity contribution is 0.0361. The van der Waals surface area contributed by atoms with Crippen molar-refractivity contribution in [2.45, 2.75) is 47.3 Å². The third kappa shape index (κ3) is 5.16. The van der Waals surface area contributed by atoms with Gasteiger partial charge in [-0.15, -0.1) is 0 Å². The number of morpholine rings is 1. The topological polar surface area (TPSA) is 108 Å². The molecular weight excluding hydrogens is 496 g/mol. The van der Waals surface area contributed by atoms with Crippen molar-refractivity contribution in [2.24, 2.45) is 13.0 Å². The zero-order valence-corrected chi connectivity index (χ0v) is 23.5. The molecule has 11 heteroatoms. The van der Waals surface area contributed by atoms with Gasteiger partial charge in [0.25, 0.3) is 5.56 Å². The molecule has 0 saturated carbocycles. The summed E-state index contributed by atoms with van der Waals surface area (Å²) in [5, 5.41) is 5.35. The number of allylic oxidation sites excluding steroid dienone is 1. The Hall–Kier alpha value is -3.70. The molecule has 0 aliphatic carbocycles. The Morgan fingerprint density at radius 2 is 1.92 bits per heavy atom. The van der Waals surface area contributed by atoms with E-state index in [1.165, 1.54) is 4.57 Å². The van der Waals surface area contributed by atoms with E-state index in [1.807, 2.05) is 48.6 Å². The number of fused-ring (bicyclic) bond motifs is 1. The monoisotopic (exact) mass is 534 g/mol. The van der Waals surface area contributed by atoms with Crippen molar-refractivity contribution in [1.82, 2.24) is 38.3 Å². The number of hydrogen-bond donors (Lipinski definition) is 1. The maximum absolute atomic E-state index is 14.1. The van der Waals surface area contributed by atoms with Crippen LogP contribution < -0.4 is 11.2 Å². The number of imidazole rings is 1. The third-order valence-electron chi connectivity index (χ3n) is 7.30. The number of rotatable bonds is 9. The second kappa shape index (κ2) is 11.2. The zero-order valence-electron chi connectivity index (χ0n) is 23.5.